The number of carbonyl (C=O) groups excluding carboxylic acids is 2. The summed E-state index contributed by atoms with van der Waals surface area (Å²) in [5.41, 5.74) is -2.33. The van der Waals surface area contributed by atoms with Gasteiger partial charge in [0, 0.05) is 13.1 Å². The van der Waals surface area contributed by atoms with Crippen molar-refractivity contribution in [2.45, 2.75) is 26.4 Å². The molecule has 0 spiro atoms. The van der Waals surface area contributed by atoms with Crippen molar-refractivity contribution in [1.82, 2.24) is 5.32 Å². The van der Waals surface area contributed by atoms with Crippen molar-refractivity contribution in [3.8, 4) is 0 Å². The van der Waals surface area contributed by atoms with Crippen molar-refractivity contribution in [3.05, 3.63) is 0 Å². The molecule has 0 bridgehead atoms. The lowest BCUT2D eigenvalue weighted by molar-refractivity contribution is -0.160. The Bertz CT molecular complexity index is 258. The Labute approximate surface area is 101 Å². The van der Waals surface area contributed by atoms with Gasteiger partial charge in [0.15, 0.2) is 5.60 Å². The second-order valence-corrected chi connectivity index (χ2v) is 4.74. The molecular formula is C11H21NO5. The van der Waals surface area contributed by atoms with Crippen LogP contribution in [0, 0.1) is 5.41 Å². The van der Waals surface area contributed by atoms with Crippen LogP contribution in [-0.2, 0) is 19.1 Å². The first kappa shape index (κ1) is 15.9. The van der Waals surface area contributed by atoms with Gasteiger partial charge in [0.05, 0.1) is 19.6 Å². The lowest BCUT2D eigenvalue weighted by atomic mass is 9.93. The molecule has 0 fully saturated rings. The van der Waals surface area contributed by atoms with Crippen molar-refractivity contribution >= 4 is 11.9 Å². The zero-order chi connectivity index (χ0) is 13.7. The molecule has 0 aliphatic rings. The van der Waals surface area contributed by atoms with Crippen LogP contribution in [0.5, 0.6) is 0 Å². The molecule has 0 aromatic carbocycles. The highest BCUT2D eigenvalue weighted by molar-refractivity contribution is 5.79. The van der Waals surface area contributed by atoms with E-state index in [0.717, 1.165) is 0 Å². The molecule has 1 unspecified atom stereocenters. The van der Waals surface area contributed by atoms with Crippen LogP contribution in [0.1, 0.15) is 20.8 Å². The van der Waals surface area contributed by atoms with Gasteiger partial charge in [-0.2, -0.15) is 0 Å². The number of nitrogens with one attached hydrogen (secondary N) is 1. The van der Waals surface area contributed by atoms with Crippen molar-refractivity contribution in [3.63, 3.8) is 0 Å². The second kappa shape index (κ2) is 5.97. The van der Waals surface area contributed by atoms with Crippen LogP contribution in [0.15, 0.2) is 0 Å². The SMILES string of the molecule is COC(=O)C(C)(C)CNCC(C)(O)C(=O)OC. The zero-order valence-electron chi connectivity index (χ0n) is 11.0. The van der Waals surface area contributed by atoms with Crippen LogP contribution in [0.25, 0.3) is 0 Å². The monoisotopic (exact) mass is 247 g/mol. The average Bonchev–Trinajstić information content (AvgIpc) is 2.25. The van der Waals surface area contributed by atoms with Crippen LogP contribution in [0.4, 0.5) is 0 Å². The molecule has 17 heavy (non-hydrogen) atoms. The second-order valence-electron chi connectivity index (χ2n) is 4.74. The molecule has 100 valence electrons. The zero-order valence-corrected chi connectivity index (χ0v) is 11.0. The predicted octanol–water partition coefficient (Wildman–Crippen LogP) is -0.301. The quantitative estimate of drug-likeness (QED) is 0.627. The Morgan fingerprint density at radius 2 is 1.53 bits per heavy atom. The number of esters is 2. The van der Waals surface area contributed by atoms with Crippen molar-refractivity contribution in [2.75, 3.05) is 27.3 Å². The maximum absolute atomic E-state index is 11.4. The predicted molar refractivity (Wildman–Crippen MR) is 61.3 cm³/mol. The van der Waals surface area contributed by atoms with Gasteiger partial charge in [-0.3, -0.25) is 4.79 Å². The van der Waals surface area contributed by atoms with Gasteiger partial charge in [-0.1, -0.05) is 0 Å². The number of rotatable bonds is 6. The number of hydrogen-bond donors (Lipinski definition) is 2. The first-order valence-electron chi connectivity index (χ1n) is 5.27. The molecule has 0 rings (SSSR count). The molecule has 1 atom stereocenters. The summed E-state index contributed by atoms with van der Waals surface area (Å²) in [6, 6.07) is 0. The van der Waals surface area contributed by atoms with E-state index in [0.29, 0.717) is 0 Å². The van der Waals surface area contributed by atoms with Crippen LogP contribution in [0.3, 0.4) is 0 Å². The maximum Gasteiger partial charge on any atom is 0.338 e. The maximum atomic E-state index is 11.4. The lowest BCUT2D eigenvalue weighted by Gasteiger charge is -2.25. The Morgan fingerprint density at radius 1 is 1.06 bits per heavy atom. The molecule has 6 heteroatoms. The largest absolute Gasteiger partial charge is 0.469 e. The summed E-state index contributed by atoms with van der Waals surface area (Å²) < 4.78 is 9.08. The fraction of sp³-hybridized carbons (Fsp3) is 0.818. The van der Waals surface area contributed by atoms with Gasteiger partial charge in [-0.15, -0.1) is 0 Å². The molecule has 6 nitrogen and oxygen atoms in total. The first-order valence-corrected chi connectivity index (χ1v) is 5.27. The lowest BCUT2D eigenvalue weighted by Crippen LogP contribution is -2.48. The van der Waals surface area contributed by atoms with Gasteiger partial charge in [0.2, 0.25) is 0 Å². The Hall–Kier alpha value is -1.14. The molecule has 0 aliphatic heterocycles. The summed E-state index contributed by atoms with van der Waals surface area (Å²) >= 11 is 0. The van der Waals surface area contributed by atoms with E-state index in [2.05, 4.69) is 14.8 Å². The highest BCUT2D eigenvalue weighted by Gasteiger charge is 2.33. The molecule has 0 saturated carbocycles. The van der Waals surface area contributed by atoms with Crippen molar-refractivity contribution in [2.24, 2.45) is 5.41 Å². The molecular weight excluding hydrogens is 226 g/mol. The Kier molecular flexibility index (Phi) is 5.57. The Balaban J connectivity index is 4.24. The van der Waals surface area contributed by atoms with Crippen molar-refractivity contribution < 1.29 is 24.2 Å². The van der Waals surface area contributed by atoms with E-state index in [9.17, 15) is 14.7 Å². The van der Waals surface area contributed by atoms with Gasteiger partial charge < -0.3 is 19.9 Å². The fourth-order valence-electron chi connectivity index (χ4n) is 1.26. The summed E-state index contributed by atoms with van der Waals surface area (Å²) in [6.07, 6.45) is 0. The topological polar surface area (TPSA) is 84.9 Å². The van der Waals surface area contributed by atoms with Crippen LogP contribution in [-0.4, -0.2) is 50.0 Å². The first-order chi connectivity index (χ1) is 7.67. The average molecular weight is 247 g/mol. The molecule has 0 aromatic rings. The standard InChI is InChI=1S/C11H21NO5/c1-10(2,8(13)16-4)6-12-7-11(3,15)9(14)17-5/h12,15H,6-7H2,1-5H3. The van der Waals surface area contributed by atoms with E-state index in [1.165, 1.54) is 21.1 Å². The van der Waals surface area contributed by atoms with Gasteiger partial charge in [0.1, 0.15) is 0 Å². The molecule has 0 aromatic heterocycles. The molecule has 0 radical (unpaired) electrons. The summed E-state index contributed by atoms with van der Waals surface area (Å²) in [4.78, 5) is 22.5. The van der Waals surface area contributed by atoms with E-state index in [4.69, 9.17) is 0 Å². The van der Waals surface area contributed by atoms with E-state index >= 15 is 0 Å². The van der Waals surface area contributed by atoms with Gasteiger partial charge in [-0.05, 0) is 20.8 Å². The van der Waals surface area contributed by atoms with E-state index in [1.807, 2.05) is 0 Å². The van der Waals surface area contributed by atoms with Gasteiger partial charge in [-0.25, -0.2) is 4.79 Å². The smallest absolute Gasteiger partial charge is 0.338 e. The number of carbonyl (C=O) groups is 2. The molecule has 0 saturated heterocycles. The summed E-state index contributed by atoms with van der Waals surface area (Å²) in [7, 11) is 2.52. The molecule has 0 aliphatic carbocycles. The number of methoxy groups -OCH3 is 2. The summed E-state index contributed by atoms with van der Waals surface area (Å²) in [6.45, 7) is 5.04. The minimum atomic E-state index is -1.61. The molecule has 0 amide bonds. The fourth-order valence-corrected chi connectivity index (χ4v) is 1.26. The highest BCUT2D eigenvalue weighted by atomic mass is 16.5. The van der Waals surface area contributed by atoms with Crippen LogP contribution >= 0.6 is 0 Å². The summed E-state index contributed by atoms with van der Waals surface area (Å²) in [5, 5.41) is 12.6. The summed E-state index contributed by atoms with van der Waals surface area (Å²) in [5.74, 6) is -1.08. The van der Waals surface area contributed by atoms with Gasteiger partial charge in [0.25, 0.3) is 0 Å². The van der Waals surface area contributed by atoms with Crippen molar-refractivity contribution in [1.29, 1.82) is 0 Å². The third-order valence-corrected chi connectivity index (χ3v) is 2.40. The number of ether oxygens (including phenoxy) is 2. The number of hydrogen-bond acceptors (Lipinski definition) is 6. The van der Waals surface area contributed by atoms with E-state index < -0.39 is 17.0 Å². The normalized spacial score (nSPS) is 14.9. The third kappa shape index (κ3) is 4.70. The van der Waals surface area contributed by atoms with Gasteiger partial charge >= 0.3 is 11.9 Å². The number of aliphatic hydroxyl groups is 1. The molecule has 0 heterocycles. The van der Waals surface area contributed by atoms with Crippen LogP contribution in [0.2, 0.25) is 0 Å². The van der Waals surface area contributed by atoms with Crippen LogP contribution < -0.4 is 5.32 Å². The Morgan fingerprint density at radius 3 is 1.94 bits per heavy atom. The molecule has 2 N–H and O–H groups in total. The van der Waals surface area contributed by atoms with E-state index in [1.54, 1.807) is 13.8 Å². The minimum Gasteiger partial charge on any atom is -0.469 e. The minimum absolute atomic E-state index is 0.0000968. The van der Waals surface area contributed by atoms with E-state index in [-0.39, 0.29) is 19.1 Å². The third-order valence-electron chi connectivity index (χ3n) is 2.40. The highest BCUT2D eigenvalue weighted by Crippen LogP contribution is 2.15.